The fourth-order valence-electron chi connectivity index (χ4n) is 1.42. The zero-order valence-electron chi connectivity index (χ0n) is 9.36. The number of hydrogen-bond donors (Lipinski definition) is 3. The Kier molecular flexibility index (Phi) is 5.38. The van der Waals surface area contributed by atoms with E-state index in [4.69, 9.17) is 5.11 Å². The van der Waals surface area contributed by atoms with Crippen LogP contribution in [0, 0.1) is 5.82 Å². The molecule has 1 rings (SSSR count). The van der Waals surface area contributed by atoms with Crippen molar-refractivity contribution in [3.8, 4) is 0 Å². The van der Waals surface area contributed by atoms with Gasteiger partial charge in [0.1, 0.15) is 5.82 Å². The van der Waals surface area contributed by atoms with E-state index in [9.17, 15) is 9.50 Å². The highest BCUT2D eigenvalue weighted by molar-refractivity contribution is 5.18. The Hall–Kier alpha value is -0.970. The largest absolute Gasteiger partial charge is 0.395 e. The molecule has 1 aromatic rings. The Morgan fingerprint density at radius 2 is 1.94 bits per heavy atom. The molecule has 2 atom stereocenters. The summed E-state index contributed by atoms with van der Waals surface area (Å²) < 4.78 is 12.6. The molecule has 0 saturated heterocycles. The van der Waals surface area contributed by atoms with Crippen molar-refractivity contribution in [2.75, 3.05) is 13.2 Å². The van der Waals surface area contributed by atoms with Crippen molar-refractivity contribution in [2.45, 2.75) is 25.5 Å². The quantitative estimate of drug-likeness (QED) is 0.685. The molecule has 0 spiro atoms. The molecular formula is C12H18FNO2. The van der Waals surface area contributed by atoms with Crippen molar-refractivity contribution in [3.63, 3.8) is 0 Å². The van der Waals surface area contributed by atoms with Crippen molar-refractivity contribution in [1.82, 2.24) is 5.32 Å². The molecule has 0 radical (unpaired) electrons. The molecule has 16 heavy (non-hydrogen) atoms. The van der Waals surface area contributed by atoms with E-state index in [0.717, 1.165) is 6.42 Å². The second-order valence-electron chi connectivity index (χ2n) is 3.76. The van der Waals surface area contributed by atoms with E-state index >= 15 is 0 Å². The molecule has 0 aliphatic rings. The van der Waals surface area contributed by atoms with E-state index in [-0.39, 0.29) is 18.5 Å². The molecule has 1 aromatic carbocycles. The highest BCUT2D eigenvalue weighted by atomic mass is 19.1. The van der Waals surface area contributed by atoms with Crippen LogP contribution in [0.25, 0.3) is 0 Å². The molecule has 90 valence electrons. The molecule has 3 N–H and O–H groups in total. The topological polar surface area (TPSA) is 52.5 Å². The summed E-state index contributed by atoms with van der Waals surface area (Å²) in [6.07, 6.45) is 0.119. The summed E-state index contributed by atoms with van der Waals surface area (Å²) in [5, 5.41) is 21.8. The maximum Gasteiger partial charge on any atom is 0.123 e. The third-order valence-corrected chi connectivity index (χ3v) is 2.57. The van der Waals surface area contributed by atoms with Gasteiger partial charge in [-0.2, -0.15) is 0 Å². The number of hydrogen-bond acceptors (Lipinski definition) is 3. The van der Waals surface area contributed by atoms with Crippen LogP contribution in [0.1, 0.15) is 25.0 Å². The van der Waals surface area contributed by atoms with Gasteiger partial charge in [0.15, 0.2) is 0 Å². The zero-order chi connectivity index (χ0) is 12.0. The van der Waals surface area contributed by atoms with Crippen LogP contribution in [0.5, 0.6) is 0 Å². The van der Waals surface area contributed by atoms with Gasteiger partial charge in [0, 0.05) is 12.6 Å². The van der Waals surface area contributed by atoms with E-state index in [2.05, 4.69) is 5.32 Å². The number of aliphatic hydroxyl groups excluding tert-OH is 2. The lowest BCUT2D eigenvalue weighted by molar-refractivity contribution is 0.157. The van der Waals surface area contributed by atoms with Gasteiger partial charge in [0.2, 0.25) is 0 Å². The highest BCUT2D eigenvalue weighted by Crippen LogP contribution is 2.12. The summed E-state index contributed by atoms with van der Waals surface area (Å²) in [6, 6.07) is 5.75. The lowest BCUT2D eigenvalue weighted by Gasteiger charge is -2.17. The molecule has 0 fully saturated rings. The monoisotopic (exact) mass is 227 g/mol. The van der Waals surface area contributed by atoms with Crippen LogP contribution in [0.3, 0.4) is 0 Å². The first kappa shape index (κ1) is 13.1. The molecule has 0 bridgehead atoms. The van der Waals surface area contributed by atoms with Crippen LogP contribution in [-0.4, -0.2) is 29.4 Å². The number of nitrogens with one attached hydrogen (secondary N) is 1. The fourth-order valence-corrected chi connectivity index (χ4v) is 1.42. The number of rotatable bonds is 6. The molecule has 4 heteroatoms. The van der Waals surface area contributed by atoms with Gasteiger partial charge in [-0.15, -0.1) is 0 Å². The van der Waals surface area contributed by atoms with Crippen molar-refractivity contribution in [3.05, 3.63) is 35.6 Å². The van der Waals surface area contributed by atoms with Gasteiger partial charge in [0.05, 0.1) is 12.7 Å². The summed E-state index contributed by atoms with van der Waals surface area (Å²) in [5.74, 6) is -0.314. The van der Waals surface area contributed by atoms with Gasteiger partial charge >= 0.3 is 0 Å². The molecule has 0 saturated carbocycles. The third-order valence-electron chi connectivity index (χ3n) is 2.57. The molecule has 2 unspecified atom stereocenters. The van der Waals surface area contributed by atoms with Gasteiger partial charge in [-0.05, 0) is 24.1 Å². The average Bonchev–Trinajstić information content (AvgIpc) is 2.31. The van der Waals surface area contributed by atoms with Crippen LogP contribution in [0.2, 0.25) is 0 Å². The summed E-state index contributed by atoms with van der Waals surface area (Å²) in [5.41, 5.74) is 0.668. The fraction of sp³-hybridized carbons (Fsp3) is 0.500. The first-order valence-corrected chi connectivity index (χ1v) is 5.45. The Morgan fingerprint density at radius 3 is 2.44 bits per heavy atom. The van der Waals surface area contributed by atoms with E-state index in [1.807, 2.05) is 6.92 Å². The van der Waals surface area contributed by atoms with Gasteiger partial charge < -0.3 is 15.5 Å². The van der Waals surface area contributed by atoms with Crippen LogP contribution >= 0.6 is 0 Å². The normalized spacial score (nSPS) is 14.8. The SMILES string of the molecule is CCC(CO)NCC(O)c1ccc(F)cc1. The molecule has 0 aromatic heterocycles. The highest BCUT2D eigenvalue weighted by Gasteiger charge is 2.10. The summed E-state index contributed by atoms with van der Waals surface area (Å²) >= 11 is 0. The van der Waals surface area contributed by atoms with Crippen LogP contribution in [-0.2, 0) is 0 Å². The molecule has 0 aliphatic heterocycles. The maximum absolute atomic E-state index is 12.6. The Morgan fingerprint density at radius 1 is 1.31 bits per heavy atom. The summed E-state index contributed by atoms with van der Waals surface area (Å²) in [4.78, 5) is 0. The minimum absolute atomic E-state index is 0.00454. The number of halogens is 1. The molecule has 0 heterocycles. The Labute approximate surface area is 94.9 Å². The van der Waals surface area contributed by atoms with E-state index < -0.39 is 6.10 Å². The van der Waals surface area contributed by atoms with Crippen LogP contribution in [0.15, 0.2) is 24.3 Å². The lowest BCUT2D eigenvalue weighted by Crippen LogP contribution is -2.34. The van der Waals surface area contributed by atoms with Gasteiger partial charge in [0.25, 0.3) is 0 Å². The van der Waals surface area contributed by atoms with Crippen molar-refractivity contribution in [1.29, 1.82) is 0 Å². The van der Waals surface area contributed by atoms with Gasteiger partial charge in [-0.1, -0.05) is 19.1 Å². The zero-order valence-corrected chi connectivity index (χ0v) is 9.36. The molecule has 3 nitrogen and oxygen atoms in total. The first-order valence-electron chi connectivity index (χ1n) is 5.45. The minimum Gasteiger partial charge on any atom is -0.395 e. The second-order valence-corrected chi connectivity index (χ2v) is 3.76. The third kappa shape index (κ3) is 3.89. The number of aliphatic hydroxyl groups is 2. The smallest absolute Gasteiger partial charge is 0.123 e. The van der Waals surface area contributed by atoms with E-state index in [0.29, 0.717) is 12.1 Å². The van der Waals surface area contributed by atoms with Crippen LogP contribution in [0.4, 0.5) is 4.39 Å². The first-order chi connectivity index (χ1) is 7.67. The Balaban J connectivity index is 2.46. The predicted octanol–water partition coefficient (Wildman–Crippen LogP) is 1.22. The molecule has 0 amide bonds. The Bertz CT molecular complexity index is 298. The average molecular weight is 227 g/mol. The number of benzene rings is 1. The van der Waals surface area contributed by atoms with E-state index in [1.165, 1.54) is 12.1 Å². The molecular weight excluding hydrogens is 209 g/mol. The molecule has 0 aliphatic carbocycles. The van der Waals surface area contributed by atoms with Gasteiger partial charge in [-0.25, -0.2) is 4.39 Å². The van der Waals surface area contributed by atoms with Crippen LogP contribution < -0.4 is 5.32 Å². The van der Waals surface area contributed by atoms with Crippen molar-refractivity contribution < 1.29 is 14.6 Å². The van der Waals surface area contributed by atoms with Crippen molar-refractivity contribution in [2.24, 2.45) is 0 Å². The standard InChI is InChI=1S/C12H18FNO2/c1-2-11(8-15)14-7-12(16)9-3-5-10(13)6-4-9/h3-6,11-12,14-16H,2,7-8H2,1H3. The second kappa shape index (κ2) is 6.58. The van der Waals surface area contributed by atoms with E-state index in [1.54, 1.807) is 12.1 Å². The lowest BCUT2D eigenvalue weighted by atomic mass is 10.1. The maximum atomic E-state index is 12.6. The minimum atomic E-state index is -0.679. The van der Waals surface area contributed by atoms with Crippen molar-refractivity contribution >= 4 is 0 Å². The summed E-state index contributed by atoms with van der Waals surface area (Å²) in [7, 11) is 0. The van der Waals surface area contributed by atoms with Gasteiger partial charge in [-0.3, -0.25) is 0 Å². The summed E-state index contributed by atoms with van der Waals surface area (Å²) in [6.45, 7) is 2.36. The predicted molar refractivity (Wildman–Crippen MR) is 60.5 cm³/mol.